The van der Waals surface area contributed by atoms with Crippen molar-refractivity contribution in [3.63, 3.8) is 0 Å². The second kappa shape index (κ2) is 6.99. The van der Waals surface area contributed by atoms with Gasteiger partial charge in [-0.2, -0.15) is 13.2 Å². The summed E-state index contributed by atoms with van der Waals surface area (Å²) in [6.07, 6.45) is -2.87. The van der Waals surface area contributed by atoms with Crippen LogP contribution in [0.3, 0.4) is 0 Å². The molecule has 0 spiro atoms. The molecule has 1 amide bonds. The van der Waals surface area contributed by atoms with E-state index in [9.17, 15) is 18.0 Å². The first-order valence-electron chi connectivity index (χ1n) is 6.93. The monoisotopic (exact) mass is 343 g/mol. The third-order valence-corrected chi connectivity index (χ3v) is 4.31. The van der Waals surface area contributed by atoms with Gasteiger partial charge in [-0.05, 0) is 18.1 Å². The van der Waals surface area contributed by atoms with Crippen LogP contribution in [0.1, 0.15) is 17.4 Å². The number of aryl methyl sites for hydroxylation is 1. The van der Waals surface area contributed by atoms with Crippen LogP contribution in [0.5, 0.6) is 0 Å². The maximum absolute atomic E-state index is 12.6. The van der Waals surface area contributed by atoms with E-state index in [2.05, 4.69) is 10.3 Å². The Morgan fingerprint density at radius 2 is 2.04 bits per heavy atom. The second-order valence-electron chi connectivity index (χ2n) is 4.92. The molecule has 1 aromatic carbocycles. The summed E-state index contributed by atoms with van der Waals surface area (Å²) < 4.78 is 37.7. The van der Waals surface area contributed by atoms with Gasteiger partial charge in [-0.3, -0.25) is 4.79 Å². The SMILES string of the molecule is CCc1ccccc1NC(=O)CN(C)c1ncc(C(F)(F)F)s1. The van der Waals surface area contributed by atoms with Gasteiger partial charge in [-0.15, -0.1) is 0 Å². The number of nitrogens with zero attached hydrogens (tertiary/aromatic N) is 2. The summed E-state index contributed by atoms with van der Waals surface area (Å²) in [5.41, 5.74) is 1.71. The highest BCUT2D eigenvalue weighted by Crippen LogP contribution is 2.35. The minimum atomic E-state index is -4.42. The number of carbonyl (C=O) groups excluding carboxylic acids is 1. The summed E-state index contributed by atoms with van der Waals surface area (Å²) in [5, 5.41) is 2.92. The fourth-order valence-corrected chi connectivity index (χ4v) is 2.74. The number of hydrogen-bond donors (Lipinski definition) is 1. The number of amides is 1. The minimum absolute atomic E-state index is 0.0805. The summed E-state index contributed by atoms with van der Waals surface area (Å²) in [5.74, 6) is -0.308. The number of aromatic nitrogens is 1. The highest BCUT2D eigenvalue weighted by atomic mass is 32.1. The summed E-state index contributed by atoms with van der Waals surface area (Å²) in [7, 11) is 1.53. The normalized spacial score (nSPS) is 11.3. The molecule has 8 heteroatoms. The summed E-state index contributed by atoms with van der Waals surface area (Å²) in [4.78, 5) is 16.4. The molecular formula is C15H16F3N3OS. The predicted octanol–water partition coefficient (Wildman–Crippen LogP) is 3.80. The molecule has 0 radical (unpaired) electrons. The number of benzene rings is 1. The Kier molecular flexibility index (Phi) is 5.25. The lowest BCUT2D eigenvalue weighted by Crippen LogP contribution is -2.30. The van der Waals surface area contributed by atoms with Crippen LogP contribution in [0, 0.1) is 0 Å². The minimum Gasteiger partial charge on any atom is -0.342 e. The van der Waals surface area contributed by atoms with E-state index >= 15 is 0 Å². The largest absolute Gasteiger partial charge is 0.427 e. The summed E-state index contributed by atoms with van der Waals surface area (Å²) in [6.45, 7) is 1.90. The van der Waals surface area contributed by atoms with Gasteiger partial charge in [0, 0.05) is 12.7 Å². The van der Waals surface area contributed by atoms with Gasteiger partial charge in [0.2, 0.25) is 5.91 Å². The molecule has 23 heavy (non-hydrogen) atoms. The maximum Gasteiger partial charge on any atom is 0.427 e. The third-order valence-electron chi connectivity index (χ3n) is 3.15. The topological polar surface area (TPSA) is 45.2 Å². The fourth-order valence-electron chi connectivity index (χ4n) is 2.00. The predicted molar refractivity (Wildman–Crippen MR) is 84.8 cm³/mol. The van der Waals surface area contributed by atoms with Gasteiger partial charge >= 0.3 is 6.18 Å². The van der Waals surface area contributed by atoms with Gasteiger partial charge in [0.25, 0.3) is 0 Å². The molecule has 2 rings (SSSR count). The molecule has 0 aliphatic heterocycles. The second-order valence-corrected chi connectivity index (χ2v) is 5.93. The van der Waals surface area contributed by atoms with Crippen LogP contribution >= 0.6 is 11.3 Å². The molecule has 2 aromatic rings. The van der Waals surface area contributed by atoms with Crippen molar-refractivity contribution in [2.75, 3.05) is 23.8 Å². The number of para-hydroxylation sites is 1. The summed E-state index contributed by atoms with van der Waals surface area (Å²) in [6, 6.07) is 7.40. The van der Waals surface area contributed by atoms with E-state index in [-0.39, 0.29) is 17.6 Å². The van der Waals surface area contributed by atoms with Crippen molar-refractivity contribution >= 4 is 28.1 Å². The quantitative estimate of drug-likeness (QED) is 0.898. The molecule has 0 unspecified atom stereocenters. The number of nitrogens with one attached hydrogen (secondary N) is 1. The van der Waals surface area contributed by atoms with Crippen molar-refractivity contribution in [3.8, 4) is 0 Å². The fraction of sp³-hybridized carbons (Fsp3) is 0.333. The lowest BCUT2D eigenvalue weighted by Gasteiger charge is -2.16. The van der Waals surface area contributed by atoms with Crippen LogP contribution in [0.15, 0.2) is 30.5 Å². The molecule has 1 N–H and O–H groups in total. The Hall–Kier alpha value is -2.09. The highest BCUT2D eigenvalue weighted by molar-refractivity contribution is 7.15. The van der Waals surface area contributed by atoms with Crippen LogP contribution in [-0.4, -0.2) is 24.5 Å². The Morgan fingerprint density at radius 1 is 1.35 bits per heavy atom. The van der Waals surface area contributed by atoms with E-state index in [1.54, 1.807) is 6.07 Å². The lowest BCUT2D eigenvalue weighted by atomic mass is 10.1. The van der Waals surface area contributed by atoms with Crippen molar-refractivity contribution < 1.29 is 18.0 Å². The zero-order valence-electron chi connectivity index (χ0n) is 12.6. The molecule has 0 atom stereocenters. The number of hydrogen-bond acceptors (Lipinski definition) is 4. The van der Waals surface area contributed by atoms with Crippen molar-refractivity contribution in [3.05, 3.63) is 40.9 Å². The van der Waals surface area contributed by atoms with Crippen molar-refractivity contribution in [1.82, 2.24) is 4.98 Å². The first kappa shape index (κ1) is 17.3. The summed E-state index contributed by atoms with van der Waals surface area (Å²) >= 11 is 0.514. The van der Waals surface area contributed by atoms with Crippen LogP contribution in [-0.2, 0) is 17.4 Å². The van der Waals surface area contributed by atoms with Crippen molar-refractivity contribution in [2.24, 2.45) is 0 Å². The van der Waals surface area contributed by atoms with E-state index in [4.69, 9.17) is 0 Å². The van der Waals surface area contributed by atoms with Crippen LogP contribution in [0.25, 0.3) is 0 Å². The number of carbonyl (C=O) groups is 1. The number of halogens is 3. The van der Waals surface area contributed by atoms with Crippen LogP contribution in [0.2, 0.25) is 0 Å². The molecule has 0 aliphatic rings. The molecular weight excluding hydrogens is 327 g/mol. The lowest BCUT2D eigenvalue weighted by molar-refractivity contribution is -0.134. The zero-order chi connectivity index (χ0) is 17.0. The van der Waals surface area contributed by atoms with Gasteiger partial charge in [-0.1, -0.05) is 36.5 Å². The van der Waals surface area contributed by atoms with Crippen molar-refractivity contribution in [1.29, 1.82) is 0 Å². The van der Waals surface area contributed by atoms with Crippen LogP contribution in [0.4, 0.5) is 24.0 Å². The molecule has 4 nitrogen and oxygen atoms in total. The van der Waals surface area contributed by atoms with Gasteiger partial charge in [-0.25, -0.2) is 4.98 Å². The number of anilines is 2. The molecule has 1 heterocycles. The maximum atomic E-state index is 12.6. The molecule has 0 aliphatic carbocycles. The number of rotatable bonds is 5. The zero-order valence-corrected chi connectivity index (χ0v) is 13.5. The first-order chi connectivity index (χ1) is 10.8. The van der Waals surface area contributed by atoms with Gasteiger partial charge in [0.05, 0.1) is 12.7 Å². The Labute approximate surface area is 136 Å². The van der Waals surface area contributed by atoms with Crippen LogP contribution < -0.4 is 10.2 Å². The van der Waals surface area contributed by atoms with E-state index in [1.807, 2.05) is 25.1 Å². The standard InChI is InChI=1S/C15H16F3N3OS/c1-3-10-6-4-5-7-11(10)20-13(22)9-21(2)14-19-8-12(23-14)15(16,17)18/h4-8H,3,9H2,1-2H3,(H,20,22). The smallest absolute Gasteiger partial charge is 0.342 e. The molecule has 0 fully saturated rings. The average Bonchev–Trinajstić information content (AvgIpc) is 2.97. The Balaban J connectivity index is 2.01. The van der Waals surface area contributed by atoms with Gasteiger partial charge in [0.1, 0.15) is 4.88 Å². The Morgan fingerprint density at radius 3 is 2.65 bits per heavy atom. The number of likely N-dealkylation sites (N-methyl/N-ethyl adjacent to an activating group) is 1. The van der Waals surface area contributed by atoms with Crippen molar-refractivity contribution in [2.45, 2.75) is 19.5 Å². The Bertz CT molecular complexity index is 685. The number of alkyl halides is 3. The molecule has 0 saturated heterocycles. The van der Waals surface area contributed by atoms with E-state index in [0.717, 1.165) is 18.2 Å². The molecule has 124 valence electrons. The van der Waals surface area contributed by atoms with Gasteiger partial charge < -0.3 is 10.2 Å². The molecule has 0 bridgehead atoms. The molecule has 1 aromatic heterocycles. The van der Waals surface area contributed by atoms with E-state index < -0.39 is 11.1 Å². The highest BCUT2D eigenvalue weighted by Gasteiger charge is 2.33. The van der Waals surface area contributed by atoms with Gasteiger partial charge in [0.15, 0.2) is 5.13 Å². The van der Waals surface area contributed by atoms with E-state index in [1.165, 1.54) is 11.9 Å². The third kappa shape index (κ3) is 4.44. The first-order valence-corrected chi connectivity index (χ1v) is 7.74. The molecule has 0 saturated carbocycles. The average molecular weight is 343 g/mol. The number of thiazole rings is 1. The van der Waals surface area contributed by atoms with E-state index in [0.29, 0.717) is 17.0 Å².